The van der Waals surface area contributed by atoms with Crippen molar-refractivity contribution in [3.05, 3.63) is 59.7 Å². The normalized spacial score (nSPS) is 16.2. The van der Waals surface area contributed by atoms with Crippen molar-refractivity contribution in [2.24, 2.45) is 5.92 Å². The van der Waals surface area contributed by atoms with Crippen LogP contribution in [0.3, 0.4) is 0 Å². The monoisotopic (exact) mass is 388 g/mol. The molecule has 1 atom stereocenters. The highest BCUT2D eigenvalue weighted by atomic mass is 19.1. The van der Waals surface area contributed by atoms with Gasteiger partial charge in [0.25, 0.3) is 0 Å². The fraction of sp³-hybridized carbons (Fsp3) is 0.250. The number of anilines is 2. The molecule has 0 saturated carbocycles. The fourth-order valence-electron chi connectivity index (χ4n) is 3.03. The maximum absolute atomic E-state index is 14.0. The van der Waals surface area contributed by atoms with Gasteiger partial charge in [0.15, 0.2) is 0 Å². The Bertz CT molecular complexity index is 932. The molecule has 1 saturated heterocycles. The third-order valence-electron chi connectivity index (χ3n) is 4.38. The van der Waals surface area contributed by atoms with Crippen molar-refractivity contribution >= 4 is 29.2 Å². The van der Waals surface area contributed by atoms with Crippen LogP contribution in [0.2, 0.25) is 0 Å². The van der Waals surface area contributed by atoms with E-state index in [4.69, 9.17) is 4.74 Å². The number of carbonyl (C=O) groups excluding carboxylic acids is 3. The summed E-state index contributed by atoms with van der Waals surface area (Å²) in [5.74, 6) is -3.86. The van der Waals surface area contributed by atoms with Crippen LogP contribution in [0.15, 0.2) is 42.5 Å². The molecule has 1 unspecified atom stereocenters. The van der Waals surface area contributed by atoms with Gasteiger partial charge in [0.2, 0.25) is 11.8 Å². The summed E-state index contributed by atoms with van der Waals surface area (Å²) in [4.78, 5) is 38.0. The molecule has 146 valence electrons. The van der Waals surface area contributed by atoms with Crippen molar-refractivity contribution in [1.29, 1.82) is 0 Å². The molecule has 1 aliphatic rings. The maximum Gasteiger partial charge on any atom is 0.340 e. The molecule has 0 aliphatic carbocycles. The van der Waals surface area contributed by atoms with Crippen molar-refractivity contribution < 1.29 is 27.9 Å². The summed E-state index contributed by atoms with van der Waals surface area (Å²) in [6.45, 7) is 1.82. The highest BCUT2D eigenvalue weighted by Gasteiger charge is 2.36. The van der Waals surface area contributed by atoms with E-state index >= 15 is 0 Å². The van der Waals surface area contributed by atoms with Crippen LogP contribution in [0.5, 0.6) is 0 Å². The number of nitrogens with zero attached hydrogens (tertiary/aromatic N) is 1. The largest absolute Gasteiger partial charge is 0.462 e. The first-order valence-corrected chi connectivity index (χ1v) is 8.73. The van der Waals surface area contributed by atoms with Gasteiger partial charge in [-0.25, -0.2) is 13.6 Å². The molecular formula is C20H18F2N2O4. The van der Waals surface area contributed by atoms with Crippen molar-refractivity contribution in [2.75, 3.05) is 23.4 Å². The first-order chi connectivity index (χ1) is 13.4. The molecule has 0 bridgehead atoms. The minimum absolute atomic E-state index is 0.0468. The molecule has 0 aromatic heterocycles. The Morgan fingerprint density at radius 2 is 1.96 bits per heavy atom. The number of ether oxygens (including phenoxy) is 1. The van der Waals surface area contributed by atoms with Gasteiger partial charge in [-0.3, -0.25) is 9.59 Å². The lowest BCUT2D eigenvalue weighted by Crippen LogP contribution is -2.29. The van der Waals surface area contributed by atoms with Crippen LogP contribution >= 0.6 is 0 Å². The van der Waals surface area contributed by atoms with Crippen molar-refractivity contribution in [3.8, 4) is 0 Å². The number of hydrogen-bond acceptors (Lipinski definition) is 4. The Labute approximate surface area is 160 Å². The van der Waals surface area contributed by atoms with Crippen molar-refractivity contribution in [3.63, 3.8) is 0 Å². The summed E-state index contributed by atoms with van der Waals surface area (Å²) in [7, 11) is 0. The smallest absolute Gasteiger partial charge is 0.340 e. The van der Waals surface area contributed by atoms with Gasteiger partial charge in [-0.1, -0.05) is 12.1 Å². The molecule has 28 heavy (non-hydrogen) atoms. The van der Waals surface area contributed by atoms with E-state index in [-0.39, 0.29) is 36.5 Å². The molecule has 2 amide bonds. The fourth-order valence-corrected chi connectivity index (χ4v) is 3.03. The number of benzene rings is 2. The van der Waals surface area contributed by atoms with Gasteiger partial charge in [0.05, 0.1) is 29.5 Å². The van der Waals surface area contributed by atoms with E-state index in [1.165, 1.54) is 12.1 Å². The summed E-state index contributed by atoms with van der Waals surface area (Å²) >= 11 is 0. The molecule has 0 radical (unpaired) electrons. The van der Waals surface area contributed by atoms with E-state index < -0.39 is 35.3 Å². The zero-order chi connectivity index (χ0) is 20.3. The first kappa shape index (κ1) is 19.5. The average Bonchev–Trinajstić information content (AvgIpc) is 3.04. The van der Waals surface area contributed by atoms with E-state index in [1.807, 2.05) is 0 Å². The minimum atomic E-state index is -0.873. The topological polar surface area (TPSA) is 75.7 Å². The average molecular weight is 388 g/mol. The number of nitrogens with one attached hydrogen (secondary N) is 1. The molecule has 6 nitrogen and oxygen atoms in total. The molecule has 3 rings (SSSR count). The van der Waals surface area contributed by atoms with Crippen molar-refractivity contribution in [2.45, 2.75) is 13.3 Å². The number of halogens is 2. The lowest BCUT2D eigenvalue weighted by atomic mass is 10.1. The van der Waals surface area contributed by atoms with Crippen LogP contribution in [-0.2, 0) is 14.3 Å². The molecule has 1 fully saturated rings. The predicted octanol–water partition coefficient (Wildman–Crippen LogP) is 3.13. The van der Waals surface area contributed by atoms with E-state index in [9.17, 15) is 23.2 Å². The SMILES string of the molecule is CCOC(=O)c1ccccc1NC(=O)C1CC(=O)N(c2ccc(F)cc2F)C1. The Balaban J connectivity index is 1.75. The highest BCUT2D eigenvalue weighted by Crippen LogP contribution is 2.29. The van der Waals surface area contributed by atoms with Crippen LogP contribution in [0.1, 0.15) is 23.7 Å². The second kappa shape index (κ2) is 8.16. The van der Waals surface area contributed by atoms with Gasteiger partial charge < -0.3 is 15.0 Å². The van der Waals surface area contributed by atoms with Crippen LogP contribution in [-0.4, -0.2) is 30.9 Å². The van der Waals surface area contributed by atoms with Gasteiger partial charge in [0.1, 0.15) is 11.6 Å². The Hall–Kier alpha value is -3.29. The van der Waals surface area contributed by atoms with E-state index in [0.717, 1.165) is 11.0 Å². The third kappa shape index (κ3) is 4.00. The Morgan fingerprint density at radius 1 is 1.21 bits per heavy atom. The summed E-state index contributed by atoms with van der Waals surface area (Å²) in [6.07, 6.45) is -0.121. The summed E-state index contributed by atoms with van der Waals surface area (Å²) in [6, 6.07) is 9.27. The molecular weight excluding hydrogens is 370 g/mol. The van der Waals surface area contributed by atoms with E-state index in [1.54, 1.807) is 25.1 Å². The molecule has 2 aromatic rings. The summed E-state index contributed by atoms with van der Waals surface area (Å²) in [5.41, 5.74) is 0.391. The van der Waals surface area contributed by atoms with Gasteiger partial charge in [0, 0.05) is 19.0 Å². The summed E-state index contributed by atoms with van der Waals surface area (Å²) < 4.78 is 32.0. The van der Waals surface area contributed by atoms with E-state index in [0.29, 0.717) is 6.07 Å². The van der Waals surface area contributed by atoms with Gasteiger partial charge >= 0.3 is 5.97 Å². The Morgan fingerprint density at radius 3 is 2.68 bits per heavy atom. The standard InChI is InChI=1S/C20H18F2N2O4/c1-2-28-20(27)14-5-3-4-6-16(14)23-19(26)12-9-18(25)24(11-12)17-8-7-13(21)10-15(17)22/h3-8,10,12H,2,9,11H2,1H3,(H,23,26). The van der Waals surface area contributed by atoms with Crippen LogP contribution < -0.4 is 10.2 Å². The van der Waals surface area contributed by atoms with Crippen molar-refractivity contribution in [1.82, 2.24) is 0 Å². The molecule has 1 aliphatic heterocycles. The lowest BCUT2D eigenvalue weighted by Gasteiger charge is -2.17. The quantitative estimate of drug-likeness (QED) is 0.799. The first-order valence-electron chi connectivity index (χ1n) is 8.73. The predicted molar refractivity (Wildman–Crippen MR) is 97.8 cm³/mol. The lowest BCUT2D eigenvalue weighted by molar-refractivity contribution is -0.122. The second-order valence-electron chi connectivity index (χ2n) is 6.26. The van der Waals surface area contributed by atoms with Gasteiger partial charge in [-0.2, -0.15) is 0 Å². The molecule has 1 heterocycles. The van der Waals surface area contributed by atoms with Crippen LogP contribution in [0.4, 0.5) is 20.2 Å². The zero-order valence-corrected chi connectivity index (χ0v) is 15.1. The van der Waals surface area contributed by atoms with Crippen LogP contribution in [0.25, 0.3) is 0 Å². The van der Waals surface area contributed by atoms with Gasteiger partial charge in [-0.05, 0) is 31.2 Å². The molecule has 8 heteroatoms. The third-order valence-corrected chi connectivity index (χ3v) is 4.38. The molecule has 0 spiro atoms. The minimum Gasteiger partial charge on any atom is -0.462 e. The van der Waals surface area contributed by atoms with E-state index in [2.05, 4.69) is 5.32 Å². The Kier molecular flexibility index (Phi) is 5.67. The second-order valence-corrected chi connectivity index (χ2v) is 6.26. The number of esters is 1. The zero-order valence-electron chi connectivity index (χ0n) is 15.1. The highest BCUT2D eigenvalue weighted by molar-refractivity contribution is 6.06. The molecule has 2 aromatic carbocycles. The number of amides is 2. The number of rotatable bonds is 5. The van der Waals surface area contributed by atoms with Crippen LogP contribution in [0, 0.1) is 17.6 Å². The molecule has 1 N–H and O–H groups in total. The number of para-hydroxylation sites is 1. The number of hydrogen-bond donors (Lipinski definition) is 1. The summed E-state index contributed by atoms with van der Waals surface area (Å²) in [5, 5.41) is 2.64. The number of carbonyl (C=O) groups is 3. The van der Waals surface area contributed by atoms with Gasteiger partial charge in [-0.15, -0.1) is 0 Å². The maximum atomic E-state index is 14.0.